The average molecular weight is 222 g/mol. The Bertz CT molecular complexity index is 278. The summed E-state index contributed by atoms with van der Waals surface area (Å²) in [4.78, 5) is 0. The van der Waals surface area contributed by atoms with Crippen molar-refractivity contribution in [2.24, 2.45) is 0 Å². The number of rotatable bonds is 4. The van der Waals surface area contributed by atoms with E-state index in [1.54, 1.807) is 0 Å². The molecule has 0 aromatic heterocycles. The van der Waals surface area contributed by atoms with Gasteiger partial charge in [-0.3, -0.25) is 0 Å². The van der Waals surface area contributed by atoms with Crippen LogP contribution in [0.1, 0.15) is 13.3 Å². The van der Waals surface area contributed by atoms with Gasteiger partial charge in [0.25, 0.3) is 0 Å². The normalized spacial score (nSPS) is 28.6. The van der Waals surface area contributed by atoms with E-state index in [9.17, 15) is 13.5 Å². The summed E-state index contributed by atoms with van der Waals surface area (Å²) < 4.78 is 24.6. The van der Waals surface area contributed by atoms with Gasteiger partial charge in [0, 0.05) is 20.1 Å². The second-order valence-corrected chi connectivity index (χ2v) is 5.77. The number of nitrogens with zero attached hydrogens (tertiary/aromatic N) is 1. The molecule has 0 aromatic rings. The van der Waals surface area contributed by atoms with E-state index in [1.165, 1.54) is 11.4 Å². The van der Waals surface area contributed by atoms with Crippen molar-refractivity contribution in [3.63, 3.8) is 0 Å². The van der Waals surface area contributed by atoms with Gasteiger partial charge in [0.05, 0.1) is 17.9 Å². The summed E-state index contributed by atoms with van der Waals surface area (Å²) in [6, 6.07) is -0.313. The molecule has 0 bridgehead atoms. The lowest BCUT2D eigenvalue weighted by molar-refractivity contribution is 0.136. The first kappa shape index (κ1) is 11.9. The third-order valence-corrected chi connectivity index (χ3v) is 4.59. The smallest absolute Gasteiger partial charge is 0.214 e. The highest BCUT2D eigenvalue weighted by molar-refractivity contribution is 7.89. The van der Waals surface area contributed by atoms with E-state index in [4.69, 9.17) is 0 Å². The van der Waals surface area contributed by atoms with E-state index in [1.807, 2.05) is 6.92 Å². The Morgan fingerprint density at radius 1 is 1.50 bits per heavy atom. The SMILES string of the molecule is CCCS(=O)(=O)N(C)[C@@H]1CNC[C@H]1O. The van der Waals surface area contributed by atoms with E-state index in [2.05, 4.69) is 5.32 Å². The van der Waals surface area contributed by atoms with E-state index in [0.29, 0.717) is 19.5 Å². The van der Waals surface area contributed by atoms with Crippen LogP contribution in [0.5, 0.6) is 0 Å². The first-order valence-electron chi connectivity index (χ1n) is 4.83. The van der Waals surface area contributed by atoms with E-state index in [-0.39, 0.29) is 11.8 Å². The maximum absolute atomic E-state index is 11.7. The molecule has 0 amide bonds. The number of aliphatic hydroxyl groups is 1. The molecule has 2 N–H and O–H groups in total. The molecule has 0 unspecified atom stereocenters. The number of hydrogen-bond donors (Lipinski definition) is 2. The number of nitrogens with one attached hydrogen (secondary N) is 1. The van der Waals surface area contributed by atoms with E-state index in [0.717, 1.165) is 0 Å². The van der Waals surface area contributed by atoms with Crippen molar-refractivity contribution in [3.8, 4) is 0 Å². The first-order chi connectivity index (χ1) is 6.49. The number of β-amino-alcohol motifs (C(OH)–C–C–N with tert-alkyl or cyclic N) is 1. The van der Waals surface area contributed by atoms with Crippen molar-refractivity contribution < 1.29 is 13.5 Å². The summed E-state index contributed by atoms with van der Waals surface area (Å²) in [5, 5.41) is 12.5. The molecule has 0 aromatic carbocycles. The van der Waals surface area contributed by atoms with Crippen molar-refractivity contribution in [1.29, 1.82) is 0 Å². The fraction of sp³-hybridized carbons (Fsp3) is 1.00. The zero-order valence-electron chi connectivity index (χ0n) is 8.60. The van der Waals surface area contributed by atoms with Crippen LogP contribution in [0.2, 0.25) is 0 Å². The topological polar surface area (TPSA) is 69.6 Å². The van der Waals surface area contributed by atoms with Crippen LogP contribution >= 0.6 is 0 Å². The molecule has 1 rings (SSSR count). The van der Waals surface area contributed by atoms with Crippen LogP contribution in [0.15, 0.2) is 0 Å². The Labute approximate surface area is 85.2 Å². The molecule has 0 aliphatic carbocycles. The highest BCUT2D eigenvalue weighted by atomic mass is 32.2. The van der Waals surface area contributed by atoms with Gasteiger partial charge in [-0.05, 0) is 6.42 Å². The van der Waals surface area contributed by atoms with Crippen molar-refractivity contribution in [1.82, 2.24) is 9.62 Å². The van der Waals surface area contributed by atoms with Gasteiger partial charge in [0.15, 0.2) is 0 Å². The number of sulfonamides is 1. The van der Waals surface area contributed by atoms with Crippen LogP contribution < -0.4 is 5.32 Å². The predicted molar refractivity (Wildman–Crippen MR) is 54.5 cm³/mol. The van der Waals surface area contributed by atoms with Crippen molar-refractivity contribution in [2.75, 3.05) is 25.9 Å². The fourth-order valence-corrected chi connectivity index (χ4v) is 3.06. The number of aliphatic hydroxyl groups excluding tert-OH is 1. The van der Waals surface area contributed by atoms with Crippen molar-refractivity contribution in [3.05, 3.63) is 0 Å². The van der Waals surface area contributed by atoms with Crippen LogP contribution in [-0.2, 0) is 10.0 Å². The zero-order valence-corrected chi connectivity index (χ0v) is 9.42. The molecule has 1 fully saturated rings. The van der Waals surface area contributed by atoms with Crippen LogP contribution in [0.25, 0.3) is 0 Å². The van der Waals surface area contributed by atoms with E-state index < -0.39 is 16.1 Å². The molecule has 0 saturated carbocycles. The second kappa shape index (κ2) is 4.57. The Morgan fingerprint density at radius 2 is 2.14 bits per heavy atom. The molecule has 1 aliphatic rings. The summed E-state index contributed by atoms with van der Waals surface area (Å²) in [5.74, 6) is 0.146. The molecule has 0 spiro atoms. The zero-order chi connectivity index (χ0) is 10.8. The molecular formula is C8H18N2O3S. The third-order valence-electron chi connectivity index (χ3n) is 2.52. The van der Waals surface area contributed by atoms with Crippen LogP contribution in [0, 0.1) is 0 Å². The Morgan fingerprint density at radius 3 is 2.57 bits per heavy atom. The highest BCUT2D eigenvalue weighted by Crippen LogP contribution is 2.12. The van der Waals surface area contributed by atoms with Crippen molar-refractivity contribution >= 4 is 10.0 Å². The molecule has 0 radical (unpaired) electrons. The minimum Gasteiger partial charge on any atom is -0.390 e. The van der Waals surface area contributed by atoms with Crippen LogP contribution in [0.4, 0.5) is 0 Å². The molecule has 1 heterocycles. The van der Waals surface area contributed by atoms with Crippen LogP contribution in [-0.4, -0.2) is 55.9 Å². The van der Waals surface area contributed by atoms with Gasteiger partial charge in [0.2, 0.25) is 10.0 Å². The van der Waals surface area contributed by atoms with Gasteiger partial charge in [-0.1, -0.05) is 6.92 Å². The summed E-state index contributed by atoms with van der Waals surface area (Å²) in [6.45, 7) is 2.83. The lowest BCUT2D eigenvalue weighted by atomic mass is 10.2. The summed E-state index contributed by atoms with van der Waals surface area (Å²) in [7, 11) is -1.66. The van der Waals surface area contributed by atoms with Gasteiger partial charge in [-0.15, -0.1) is 0 Å². The van der Waals surface area contributed by atoms with Gasteiger partial charge in [0.1, 0.15) is 0 Å². The largest absolute Gasteiger partial charge is 0.390 e. The maximum atomic E-state index is 11.7. The highest BCUT2D eigenvalue weighted by Gasteiger charge is 2.34. The quantitative estimate of drug-likeness (QED) is 0.639. The molecule has 5 nitrogen and oxygen atoms in total. The summed E-state index contributed by atoms with van der Waals surface area (Å²) >= 11 is 0. The van der Waals surface area contributed by atoms with Gasteiger partial charge >= 0.3 is 0 Å². The Kier molecular flexibility index (Phi) is 3.88. The minimum absolute atomic E-state index is 0.146. The second-order valence-electron chi connectivity index (χ2n) is 3.63. The maximum Gasteiger partial charge on any atom is 0.214 e. The molecular weight excluding hydrogens is 204 g/mol. The third kappa shape index (κ3) is 2.44. The molecule has 14 heavy (non-hydrogen) atoms. The van der Waals surface area contributed by atoms with Crippen LogP contribution in [0.3, 0.4) is 0 Å². The van der Waals surface area contributed by atoms with Gasteiger partial charge < -0.3 is 10.4 Å². The molecule has 2 atom stereocenters. The lowest BCUT2D eigenvalue weighted by Crippen LogP contribution is -2.45. The van der Waals surface area contributed by atoms with Gasteiger partial charge in [-0.2, -0.15) is 4.31 Å². The Balaban J connectivity index is 2.68. The van der Waals surface area contributed by atoms with E-state index >= 15 is 0 Å². The molecule has 6 heteroatoms. The average Bonchev–Trinajstić information content (AvgIpc) is 2.50. The number of likely N-dealkylation sites (N-methyl/N-ethyl adjacent to an activating group) is 1. The predicted octanol–water partition coefficient (Wildman–Crippen LogP) is -1.01. The van der Waals surface area contributed by atoms with Crippen molar-refractivity contribution in [2.45, 2.75) is 25.5 Å². The summed E-state index contributed by atoms with van der Waals surface area (Å²) in [6.07, 6.45) is 0.00903. The lowest BCUT2D eigenvalue weighted by Gasteiger charge is -2.25. The number of hydrogen-bond acceptors (Lipinski definition) is 4. The minimum atomic E-state index is -3.19. The molecule has 1 aliphatic heterocycles. The standard InChI is InChI=1S/C8H18N2O3S/c1-3-4-14(12,13)10(2)7-5-9-6-8(7)11/h7-9,11H,3-6H2,1-2H3/t7-,8-/m1/s1. The van der Waals surface area contributed by atoms with Gasteiger partial charge in [-0.25, -0.2) is 8.42 Å². The first-order valence-corrected chi connectivity index (χ1v) is 6.44. The Hall–Kier alpha value is -0.170. The molecule has 84 valence electrons. The fourth-order valence-electron chi connectivity index (χ4n) is 1.63. The monoisotopic (exact) mass is 222 g/mol. The summed E-state index contributed by atoms with van der Waals surface area (Å²) in [5.41, 5.74) is 0. The molecule has 1 saturated heterocycles.